The number of carboxylic acids is 1. The number of aliphatic hydroxyl groups is 1. The molecule has 26 heavy (non-hydrogen) atoms. The number of methoxy groups -OCH3 is 2. The molecule has 0 aliphatic carbocycles. The zero-order valence-electron chi connectivity index (χ0n) is 14.3. The Kier molecular flexibility index (Phi) is 4.77. The van der Waals surface area contributed by atoms with Crippen LogP contribution in [0.25, 0.3) is 0 Å². The molecule has 1 amide bonds. The van der Waals surface area contributed by atoms with Crippen molar-refractivity contribution in [2.24, 2.45) is 0 Å². The second-order valence-corrected chi connectivity index (χ2v) is 5.80. The number of rotatable bonds is 4. The van der Waals surface area contributed by atoms with E-state index in [4.69, 9.17) is 14.6 Å². The highest BCUT2D eigenvalue weighted by atomic mass is 16.5. The van der Waals surface area contributed by atoms with Gasteiger partial charge in [0, 0.05) is 17.3 Å². The molecule has 0 spiro atoms. The fourth-order valence-corrected chi connectivity index (χ4v) is 3.07. The van der Waals surface area contributed by atoms with Crippen LogP contribution in [0.4, 0.5) is 0 Å². The monoisotopic (exact) mass is 358 g/mol. The number of carboxylic acid groups (broad SMARTS) is 1. The van der Waals surface area contributed by atoms with Crippen molar-refractivity contribution in [3.8, 4) is 11.5 Å². The van der Waals surface area contributed by atoms with Gasteiger partial charge in [0.05, 0.1) is 32.9 Å². The van der Waals surface area contributed by atoms with Crippen molar-refractivity contribution in [1.29, 1.82) is 0 Å². The summed E-state index contributed by atoms with van der Waals surface area (Å²) in [7, 11) is 3.01. The second-order valence-electron chi connectivity index (χ2n) is 5.80. The Bertz CT molecular complexity index is 867. The lowest BCUT2D eigenvalue weighted by atomic mass is 9.95. The molecule has 136 valence electrons. The summed E-state index contributed by atoms with van der Waals surface area (Å²) < 4.78 is 10.7. The number of hydrogen-bond acceptors (Lipinski definition) is 6. The molecular weight excluding hydrogens is 340 g/mol. The molecule has 1 aromatic carbocycles. The standard InChI is InChI=1S/C18H18N2O6/c1-25-14-3-4-15(26-2)16-11(14)8-20(9-13(16)21)17(22)12-7-10(18(23)24)5-6-19-12/h3-7,13,21H,8-9H2,1-2H3,(H,23,24). The van der Waals surface area contributed by atoms with Crippen molar-refractivity contribution in [2.75, 3.05) is 20.8 Å². The van der Waals surface area contributed by atoms with E-state index in [1.165, 1.54) is 37.4 Å². The first-order chi connectivity index (χ1) is 12.5. The van der Waals surface area contributed by atoms with E-state index in [2.05, 4.69) is 4.98 Å². The molecule has 1 atom stereocenters. The predicted octanol–water partition coefficient (Wildman–Crippen LogP) is 1.49. The number of hydrogen-bond donors (Lipinski definition) is 2. The number of pyridine rings is 1. The van der Waals surface area contributed by atoms with Crippen LogP contribution in [0.1, 0.15) is 38.1 Å². The van der Waals surface area contributed by atoms with E-state index in [-0.39, 0.29) is 24.3 Å². The number of aromatic carboxylic acids is 1. The van der Waals surface area contributed by atoms with E-state index in [9.17, 15) is 14.7 Å². The van der Waals surface area contributed by atoms with E-state index in [0.29, 0.717) is 22.6 Å². The van der Waals surface area contributed by atoms with Crippen LogP contribution in [0, 0.1) is 0 Å². The zero-order valence-corrected chi connectivity index (χ0v) is 14.3. The van der Waals surface area contributed by atoms with E-state index in [1.54, 1.807) is 12.1 Å². The number of nitrogens with zero attached hydrogens (tertiary/aromatic N) is 2. The highest BCUT2D eigenvalue weighted by molar-refractivity contribution is 5.96. The number of amides is 1. The average Bonchev–Trinajstić information content (AvgIpc) is 2.66. The normalized spacial score (nSPS) is 16.0. The molecule has 3 rings (SSSR count). The Hall–Kier alpha value is -3.13. The van der Waals surface area contributed by atoms with Gasteiger partial charge in [-0.2, -0.15) is 0 Å². The van der Waals surface area contributed by atoms with Crippen molar-refractivity contribution in [3.05, 3.63) is 52.8 Å². The maximum Gasteiger partial charge on any atom is 0.335 e. The maximum absolute atomic E-state index is 12.8. The number of aromatic nitrogens is 1. The van der Waals surface area contributed by atoms with Gasteiger partial charge in [-0.25, -0.2) is 4.79 Å². The minimum absolute atomic E-state index is 0.00223. The molecule has 2 N–H and O–H groups in total. The van der Waals surface area contributed by atoms with E-state index in [1.807, 2.05) is 0 Å². The fourth-order valence-electron chi connectivity index (χ4n) is 3.07. The molecule has 0 bridgehead atoms. The summed E-state index contributed by atoms with van der Waals surface area (Å²) in [6, 6.07) is 5.95. The van der Waals surface area contributed by atoms with Gasteiger partial charge in [0.2, 0.25) is 0 Å². The summed E-state index contributed by atoms with van der Waals surface area (Å²) in [4.78, 5) is 29.2. The van der Waals surface area contributed by atoms with Crippen LogP contribution in [0.2, 0.25) is 0 Å². The Morgan fingerprint density at radius 3 is 2.54 bits per heavy atom. The summed E-state index contributed by atoms with van der Waals surface area (Å²) in [6.45, 7) is 0.221. The SMILES string of the molecule is COc1ccc(OC)c2c1CN(C(=O)c1cc(C(=O)O)ccn1)CC2O. The Balaban J connectivity index is 1.97. The third-order valence-corrected chi connectivity index (χ3v) is 4.30. The van der Waals surface area contributed by atoms with Gasteiger partial charge in [0.15, 0.2) is 0 Å². The van der Waals surface area contributed by atoms with Crippen LogP contribution in [-0.2, 0) is 6.54 Å². The summed E-state index contributed by atoms with van der Waals surface area (Å²) in [5, 5.41) is 19.6. The van der Waals surface area contributed by atoms with Crippen molar-refractivity contribution < 1.29 is 29.3 Å². The zero-order chi connectivity index (χ0) is 18.8. The molecule has 2 heterocycles. The van der Waals surface area contributed by atoms with E-state index < -0.39 is 18.0 Å². The number of carbonyl (C=O) groups excluding carboxylic acids is 1. The van der Waals surface area contributed by atoms with Crippen molar-refractivity contribution >= 4 is 11.9 Å². The minimum Gasteiger partial charge on any atom is -0.496 e. The first-order valence-electron chi connectivity index (χ1n) is 7.86. The molecule has 2 aromatic rings. The van der Waals surface area contributed by atoms with Crippen LogP contribution in [0.3, 0.4) is 0 Å². The number of carbonyl (C=O) groups is 2. The predicted molar refractivity (Wildman–Crippen MR) is 90.4 cm³/mol. The Morgan fingerprint density at radius 2 is 1.88 bits per heavy atom. The molecule has 0 fully saturated rings. The highest BCUT2D eigenvalue weighted by Gasteiger charge is 2.32. The molecule has 1 aliphatic rings. The molecule has 0 saturated heterocycles. The van der Waals surface area contributed by atoms with Crippen LogP contribution in [-0.4, -0.2) is 52.7 Å². The third kappa shape index (κ3) is 3.06. The largest absolute Gasteiger partial charge is 0.496 e. The molecule has 0 radical (unpaired) electrons. The van der Waals surface area contributed by atoms with Crippen molar-refractivity contribution in [3.63, 3.8) is 0 Å². The van der Waals surface area contributed by atoms with Gasteiger partial charge >= 0.3 is 5.97 Å². The van der Waals surface area contributed by atoms with Gasteiger partial charge in [-0.3, -0.25) is 9.78 Å². The quantitative estimate of drug-likeness (QED) is 0.852. The number of β-amino-alcohol motifs (C(OH)–C–C–N with tert-alkyl or cyclic N) is 1. The lowest BCUT2D eigenvalue weighted by Crippen LogP contribution is -2.39. The molecule has 1 aliphatic heterocycles. The lowest BCUT2D eigenvalue weighted by Gasteiger charge is -2.33. The van der Waals surface area contributed by atoms with E-state index >= 15 is 0 Å². The summed E-state index contributed by atoms with van der Waals surface area (Å²) in [5.74, 6) is -0.560. The first kappa shape index (κ1) is 17.7. The smallest absolute Gasteiger partial charge is 0.335 e. The minimum atomic E-state index is -1.14. The van der Waals surface area contributed by atoms with Crippen molar-refractivity contribution in [1.82, 2.24) is 9.88 Å². The van der Waals surface area contributed by atoms with Gasteiger partial charge < -0.3 is 24.6 Å². The fraction of sp³-hybridized carbons (Fsp3) is 0.278. The second kappa shape index (κ2) is 7.01. The average molecular weight is 358 g/mol. The number of aliphatic hydroxyl groups excluding tert-OH is 1. The molecule has 1 unspecified atom stereocenters. The number of fused-ring (bicyclic) bond motifs is 1. The van der Waals surface area contributed by atoms with Crippen molar-refractivity contribution in [2.45, 2.75) is 12.6 Å². The van der Waals surface area contributed by atoms with Gasteiger partial charge in [0.25, 0.3) is 5.91 Å². The molecule has 8 nitrogen and oxygen atoms in total. The van der Waals surface area contributed by atoms with Crippen LogP contribution >= 0.6 is 0 Å². The molecule has 0 saturated carbocycles. The van der Waals surface area contributed by atoms with Gasteiger partial charge in [-0.15, -0.1) is 0 Å². The maximum atomic E-state index is 12.8. The topological polar surface area (TPSA) is 109 Å². The summed E-state index contributed by atoms with van der Waals surface area (Å²) in [6.07, 6.45) is 0.310. The number of ether oxygens (including phenoxy) is 2. The summed E-state index contributed by atoms with van der Waals surface area (Å²) in [5.41, 5.74) is 1.21. The summed E-state index contributed by atoms with van der Waals surface area (Å²) >= 11 is 0. The highest BCUT2D eigenvalue weighted by Crippen LogP contribution is 2.39. The van der Waals surface area contributed by atoms with E-state index in [0.717, 1.165) is 0 Å². The molecular formula is C18H18N2O6. The van der Waals surface area contributed by atoms with Crippen LogP contribution in [0.5, 0.6) is 11.5 Å². The lowest BCUT2D eigenvalue weighted by molar-refractivity contribution is 0.0533. The molecule has 1 aromatic heterocycles. The third-order valence-electron chi connectivity index (χ3n) is 4.30. The first-order valence-corrected chi connectivity index (χ1v) is 7.86. The Labute approximate surface area is 149 Å². The molecule has 8 heteroatoms. The number of benzene rings is 1. The van der Waals surface area contributed by atoms with Gasteiger partial charge in [-0.1, -0.05) is 0 Å². The van der Waals surface area contributed by atoms with Crippen LogP contribution in [0.15, 0.2) is 30.5 Å². The Morgan fingerprint density at radius 1 is 1.19 bits per heavy atom. The van der Waals surface area contributed by atoms with Crippen LogP contribution < -0.4 is 9.47 Å². The van der Waals surface area contributed by atoms with Gasteiger partial charge in [0.1, 0.15) is 23.3 Å². The van der Waals surface area contributed by atoms with Gasteiger partial charge in [-0.05, 0) is 24.3 Å².